The Morgan fingerprint density at radius 3 is 2.79 bits per heavy atom. The molecule has 1 aromatic heterocycles. The van der Waals surface area contributed by atoms with Crippen LogP contribution in [-0.4, -0.2) is 32.4 Å². The molecule has 0 bridgehead atoms. The summed E-state index contributed by atoms with van der Waals surface area (Å²) in [5, 5.41) is 5.05. The molecule has 1 heterocycles. The molecule has 108 valence electrons. The summed E-state index contributed by atoms with van der Waals surface area (Å²) in [5.41, 5.74) is 0. The first kappa shape index (κ1) is 15.0. The maximum absolute atomic E-state index is 12.4. The number of hydrogen-bond donors (Lipinski definition) is 1. The van der Waals surface area contributed by atoms with Gasteiger partial charge >= 0.3 is 0 Å². The van der Waals surface area contributed by atoms with E-state index in [1.54, 1.807) is 22.8 Å². The van der Waals surface area contributed by atoms with Crippen LogP contribution in [0, 0.1) is 0 Å². The summed E-state index contributed by atoms with van der Waals surface area (Å²) in [5.74, 6) is 0. The number of rotatable bonds is 7. The predicted molar refractivity (Wildman–Crippen MR) is 78.9 cm³/mol. The SMILES string of the molecule is CCCNCc1cc(S(=O)(=O)N(C)C2CCC2)cs1. The molecular weight excluding hydrogens is 280 g/mol. The Morgan fingerprint density at radius 1 is 1.47 bits per heavy atom. The summed E-state index contributed by atoms with van der Waals surface area (Å²) < 4.78 is 26.4. The summed E-state index contributed by atoms with van der Waals surface area (Å²) in [6.45, 7) is 3.83. The first-order chi connectivity index (χ1) is 9.05. The smallest absolute Gasteiger partial charge is 0.243 e. The van der Waals surface area contributed by atoms with Crippen LogP contribution in [0.25, 0.3) is 0 Å². The fraction of sp³-hybridized carbons (Fsp3) is 0.692. The molecule has 0 amide bonds. The quantitative estimate of drug-likeness (QED) is 0.787. The third-order valence-electron chi connectivity index (χ3n) is 3.62. The molecule has 4 nitrogen and oxygen atoms in total. The van der Waals surface area contributed by atoms with Crippen molar-refractivity contribution in [3.8, 4) is 0 Å². The van der Waals surface area contributed by atoms with E-state index in [-0.39, 0.29) is 6.04 Å². The van der Waals surface area contributed by atoms with E-state index in [2.05, 4.69) is 12.2 Å². The van der Waals surface area contributed by atoms with E-state index in [0.717, 1.165) is 43.6 Å². The monoisotopic (exact) mass is 302 g/mol. The average Bonchev–Trinajstić information content (AvgIpc) is 2.76. The van der Waals surface area contributed by atoms with Crippen LogP contribution in [0.15, 0.2) is 16.3 Å². The predicted octanol–water partition coefficient (Wildman–Crippen LogP) is 2.42. The van der Waals surface area contributed by atoms with Crippen LogP contribution in [-0.2, 0) is 16.6 Å². The van der Waals surface area contributed by atoms with Crippen molar-refractivity contribution < 1.29 is 8.42 Å². The highest BCUT2D eigenvalue weighted by Gasteiger charge is 2.32. The van der Waals surface area contributed by atoms with Gasteiger partial charge in [0.1, 0.15) is 0 Å². The van der Waals surface area contributed by atoms with Gasteiger partial charge in [0.05, 0.1) is 4.90 Å². The molecule has 0 atom stereocenters. The molecule has 0 spiro atoms. The average molecular weight is 302 g/mol. The molecule has 0 saturated heterocycles. The molecule has 1 aromatic rings. The Hall–Kier alpha value is -0.430. The van der Waals surface area contributed by atoms with Crippen molar-refractivity contribution in [1.29, 1.82) is 0 Å². The highest BCUT2D eigenvalue weighted by atomic mass is 32.2. The topological polar surface area (TPSA) is 49.4 Å². The molecule has 0 radical (unpaired) electrons. The molecule has 1 N–H and O–H groups in total. The van der Waals surface area contributed by atoms with E-state index in [4.69, 9.17) is 0 Å². The third-order valence-corrected chi connectivity index (χ3v) is 6.60. The summed E-state index contributed by atoms with van der Waals surface area (Å²) in [4.78, 5) is 1.52. The Kier molecular flexibility index (Phi) is 5.00. The fourth-order valence-electron chi connectivity index (χ4n) is 2.09. The zero-order chi connectivity index (χ0) is 13.9. The van der Waals surface area contributed by atoms with Gasteiger partial charge in [-0.25, -0.2) is 8.42 Å². The fourth-order valence-corrected chi connectivity index (χ4v) is 4.74. The molecule has 1 aliphatic carbocycles. The van der Waals surface area contributed by atoms with Gasteiger partial charge in [0.15, 0.2) is 0 Å². The Labute approximate surface area is 119 Å². The Balaban J connectivity index is 2.03. The van der Waals surface area contributed by atoms with Gasteiger partial charge in [-0.2, -0.15) is 4.31 Å². The zero-order valence-electron chi connectivity index (χ0n) is 11.6. The van der Waals surface area contributed by atoms with Gasteiger partial charge < -0.3 is 5.32 Å². The van der Waals surface area contributed by atoms with E-state index < -0.39 is 10.0 Å². The van der Waals surface area contributed by atoms with Gasteiger partial charge in [0.25, 0.3) is 0 Å². The van der Waals surface area contributed by atoms with Crippen LogP contribution >= 0.6 is 11.3 Å². The molecule has 6 heteroatoms. The van der Waals surface area contributed by atoms with Gasteiger partial charge in [-0.05, 0) is 31.9 Å². The van der Waals surface area contributed by atoms with Crippen LogP contribution in [0.5, 0.6) is 0 Å². The first-order valence-electron chi connectivity index (χ1n) is 6.82. The van der Waals surface area contributed by atoms with Gasteiger partial charge in [-0.15, -0.1) is 11.3 Å². The number of nitrogens with zero attached hydrogens (tertiary/aromatic N) is 1. The normalized spacial score (nSPS) is 16.8. The van der Waals surface area contributed by atoms with Crippen LogP contribution in [0.1, 0.15) is 37.5 Å². The van der Waals surface area contributed by atoms with Gasteiger partial charge in [0, 0.05) is 29.9 Å². The summed E-state index contributed by atoms with van der Waals surface area (Å²) >= 11 is 1.51. The summed E-state index contributed by atoms with van der Waals surface area (Å²) in [6, 6.07) is 2.00. The molecule has 1 saturated carbocycles. The van der Waals surface area contributed by atoms with Crippen molar-refractivity contribution >= 4 is 21.4 Å². The maximum atomic E-state index is 12.4. The Bertz CT molecular complexity index is 506. The summed E-state index contributed by atoms with van der Waals surface area (Å²) in [6.07, 6.45) is 4.21. The van der Waals surface area contributed by atoms with E-state index in [0.29, 0.717) is 4.90 Å². The molecule has 1 aliphatic rings. The lowest BCUT2D eigenvalue weighted by molar-refractivity contribution is 0.250. The van der Waals surface area contributed by atoms with Crippen molar-refractivity contribution in [1.82, 2.24) is 9.62 Å². The first-order valence-corrected chi connectivity index (χ1v) is 9.14. The minimum atomic E-state index is -3.29. The maximum Gasteiger partial charge on any atom is 0.243 e. The lowest BCUT2D eigenvalue weighted by atomic mass is 9.94. The molecule has 2 rings (SSSR count). The molecule has 0 aromatic carbocycles. The minimum absolute atomic E-state index is 0.201. The van der Waals surface area contributed by atoms with Crippen molar-refractivity contribution in [3.05, 3.63) is 16.3 Å². The highest BCUT2D eigenvalue weighted by Crippen LogP contribution is 2.30. The third kappa shape index (κ3) is 3.37. The van der Waals surface area contributed by atoms with E-state index in [1.165, 1.54) is 11.3 Å². The molecule has 0 aliphatic heterocycles. The van der Waals surface area contributed by atoms with Crippen LogP contribution in [0.2, 0.25) is 0 Å². The Morgan fingerprint density at radius 2 is 2.21 bits per heavy atom. The van der Waals surface area contributed by atoms with E-state index in [1.807, 2.05) is 0 Å². The number of hydrogen-bond acceptors (Lipinski definition) is 4. The number of sulfonamides is 1. The second-order valence-corrected chi connectivity index (χ2v) is 8.02. The molecular formula is C13H22N2O2S2. The second-order valence-electron chi connectivity index (χ2n) is 5.03. The van der Waals surface area contributed by atoms with Gasteiger partial charge in [-0.1, -0.05) is 13.3 Å². The van der Waals surface area contributed by atoms with Gasteiger partial charge in [-0.3, -0.25) is 0 Å². The molecule has 0 unspecified atom stereocenters. The van der Waals surface area contributed by atoms with Gasteiger partial charge in [0.2, 0.25) is 10.0 Å². The van der Waals surface area contributed by atoms with Crippen LogP contribution in [0.3, 0.4) is 0 Å². The van der Waals surface area contributed by atoms with Crippen molar-refractivity contribution in [2.75, 3.05) is 13.6 Å². The minimum Gasteiger partial charge on any atom is -0.312 e. The lowest BCUT2D eigenvalue weighted by Gasteiger charge is -2.33. The number of nitrogens with one attached hydrogen (secondary N) is 1. The summed E-state index contributed by atoms with van der Waals surface area (Å²) in [7, 11) is -1.59. The van der Waals surface area contributed by atoms with Crippen LogP contribution in [0.4, 0.5) is 0 Å². The number of thiophene rings is 1. The van der Waals surface area contributed by atoms with Crippen molar-refractivity contribution in [3.63, 3.8) is 0 Å². The van der Waals surface area contributed by atoms with Crippen molar-refractivity contribution in [2.24, 2.45) is 0 Å². The van der Waals surface area contributed by atoms with Crippen molar-refractivity contribution in [2.45, 2.75) is 50.1 Å². The largest absolute Gasteiger partial charge is 0.312 e. The molecule has 1 fully saturated rings. The molecule has 19 heavy (non-hydrogen) atoms. The van der Waals surface area contributed by atoms with E-state index >= 15 is 0 Å². The van der Waals surface area contributed by atoms with Crippen LogP contribution < -0.4 is 5.32 Å². The zero-order valence-corrected chi connectivity index (χ0v) is 13.2. The lowest BCUT2D eigenvalue weighted by Crippen LogP contribution is -2.41. The highest BCUT2D eigenvalue weighted by molar-refractivity contribution is 7.89. The second kappa shape index (κ2) is 6.35. The standard InChI is InChI=1S/C13H22N2O2S2/c1-3-7-14-9-12-8-13(10-18-12)19(16,17)15(2)11-5-4-6-11/h8,10-11,14H,3-7,9H2,1-2H3. The van der Waals surface area contributed by atoms with E-state index in [9.17, 15) is 8.42 Å².